The zero-order chi connectivity index (χ0) is 18.0. The number of aromatic nitrogens is 1. The third-order valence-electron chi connectivity index (χ3n) is 6.93. The Kier molecular flexibility index (Phi) is 3.53. The number of hydrogen-bond donors (Lipinski definition) is 0. The molecule has 2 fully saturated rings. The fourth-order valence-corrected chi connectivity index (χ4v) is 6.10. The summed E-state index contributed by atoms with van der Waals surface area (Å²) in [6.07, 6.45) is 5.74. The predicted molar refractivity (Wildman–Crippen MR) is 117 cm³/mol. The SMILES string of the molecule is Brc1ccc2c3ccc(C4CC5CCC4C5)cc3n(-c3ccccc3)c2c1. The van der Waals surface area contributed by atoms with Crippen LogP contribution in [0.5, 0.6) is 0 Å². The molecule has 0 N–H and O–H groups in total. The van der Waals surface area contributed by atoms with Gasteiger partial charge in [-0.15, -0.1) is 0 Å². The highest BCUT2D eigenvalue weighted by molar-refractivity contribution is 9.10. The average molecular weight is 416 g/mol. The molecular formula is C25H22BrN. The summed E-state index contributed by atoms with van der Waals surface area (Å²) in [6, 6.07) is 24.7. The Labute approximate surface area is 168 Å². The third-order valence-corrected chi connectivity index (χ3v) is 7.43. The van der Waals surface area contributed by atoms with E-state index in [1.165, 1.54) is 53.2 Å². The van der Waals surface area contributed by atoms with E-state index in [-0.39, 0.29) is 0 Å². The van der Waals surface area contributed by atoms with Crippen molar-refractivity contribution < 1.29 is 0 Å². The molecule has 0 aliphatic heterocycles. The van der Waals surface area contributed by atoms with Gasteiger partial charge in [0.2, 0.25) is 0 Å². The molecular weight excluding hydrogens is 394 g/mol. The van der Waals surface area contributed by atoms with Crippen LogP contribution in [0.4, 0.5) is 0 Å². The lowest BCUT2D eigenvalue weighted by Gasteiger charge is -2.22. The fourth-order valence-electron chi connectivity index (χ4n) is 5.75. The fraction of sp³-hybridized carbons (Fsp3) is 0.280. The topological polar surface area (TPSA) is 4.93 Å². The van der Waals surface area contributed by atoms with Gasteiger partial charge in [-0.2, -0.15) is 0 Å². The van der Waals surface area contributed by atoms with Crippen LogP contribution in [0.15, 0.2) is 71.2 Å². The van der Waals surface area contributed by atoms with Gasteiger partial charge in [-0.05, 0) is 72.9 Å². The van der Waals surface area contributed by atoms with Crippen molar-refractivity contribution in [1.82, 2.24) is 4.57 Å². The van der Waals surface area contributed by atoms with E-state index in [1.54, 1.807) is 5.56 Å². The molecule has 1 aromatic heterocycles. The van der Waals surface area contributed by atoms with Crippen LogP contribution in [-0.2, 0) is 0 Å². The van der Waals surface area contributed by atoms with Crippen molar-refractivity contribution in [3.05, 3.63) is 76.8 Å². The summed E-state index contributed by atoms with van der Waals surface area (Å²) < 4.78 is 3.56. The van der Waals surface area contributed by atoms with Crippen LogP contribution >= 0.6 is 15.9 Å². The molecule has 134 valence electrons. The molecule has 6 rings (SSSR count). The number of benzene rings is 3. The molecule has 0 spiro atoms. The molecule has 3 atom stereocenters. The molecule has 1 nitrogen and oxygen atoms in total. The summed E-state index contributed by atoms with van der Waals surface area (Å²) in [7, 11) is 0. The quantitative estimate of drug-likeness (QED) is 0.320. The van der Waals surface area contributed by atoms with Gasteiger partial charge in [-0.25, -0.2) is 0 Å². The summed E-state index contributed by atoms with van der Waals surface area (Å²) in [4.78, 5) is 0. The standard InChI is InChI=1S/C25H22BrN/c26-19-9-11-22-21-10-8-18(23-13-16-6-7-17(23)12-16)14-24(21)27(25(22)15-19)20-4-2-1-3-5-20/h1-5,8-11,14-17,23H,6-7,12-13H2. The van der Waals surface area contributed by atoms with Crippen molar-refractivity contribution in [1.29, 1.82) is 0 Å². The Morgan fingerprint density at radius 1 is 0.778 bits per heavy atom. The lowest BCUT2D eigenvalue weighted by Crippen LogP contribution is -2.08. The van der Waals surface area contributed by atoms with Gasteiger partial charge in [0.25, 0.3) is 0 Å². The van der Waals surface area contributed by atoms with E-state index in [1.807, 2.05) is 0 Å². The minimum atomic E-state index is 0.766. The van der Waals surface area contributed by atoms with Gasteiger partial charge in [-0.3, -0.25) is 0 Å². The maximum absolute atomic E-state index is 3.67. The van der Waals surface area contributed by atoms with E-state index < -0.39 is 0 Å². The molecule has 4 aromatic rings. The minimum Gasteiger partial charge on any atom is -0.309 e. The highest BCUT2D eigenvalue weighted by atomic mass is 79.9. The lowest BCUT2D eigenvalue weighted by atomic mass is 9.83. The monoisotopic (exact) mass is 415 g/mol. The maximum Gasteiger partial charge on any atom is 0.0552 e. The third kappa shape index (κ3) is 2.42. The Balaban J connectivity index is 1.63. The zero-order valence-corrected chi connectivity index (χ0v) is 16.8. The zero-order valence-electron chi connectivity index (χ0n) is 15.2. The molecule has 3 unspecified atom stereocenters. The Morgan fingerprint density at radius 2 is 1.56 bits per heavy atom. The van der Waals surface area contributed by atoms with Crippen LogP contribution in [0.1, 0.15) is 37.2 Å². The predicted octanol–water partition coefficient (Wildman–Crippen LogP) is 7.45. The molecule has 1 heterocycles. The first-order valence-electron chi connectivity index (χ1n) is 10.1. The molecule has 0 amide bonds. The first-order chi connectivity index (χ1) is 13.3. The molecule has 0 saturated heterocycles. The van der Waals surface area contributed by atoms with Crippen LogP contribution in [-0.4, -0.2) is 4.57 Å². The van der Waals surface area contributed by atoms with Crippen LogP contribution in [0, 0.1) is 11.8 Å². The van der Waals surface area contributed by atoms with Crippen molar-refractivity contribution in [2.75, 3.05) is 0 Å². The molecule has 2 aliphatic carbocycles. The highest BCUT2D eigenvalue weighted by Gasteiger charge is 2.40. The molecule has 3 aromatic carbocycles. The van der Waals surface area contributed by atoms with E-state index in [0.717, 1.165) is 22.2 Å². The van der Waals surface area contributed by atoms with E-state index >= 15 is 0 Å². The van der Waals surface area contributed by atoms with Crippen molar-refractivity contribution in [2.45, 2.75) is 31.6 Å². The van der Waals surface area contributed by atoms with E-state index in [0.29, 0.717) is 0 Å². The number of hydrogen-bond acceptors (Lipinski definition) is 0. The molecule has 27 heavy (non-hydrogen) atoms. The van der Waals surface area contributed by atoms with E-state index in [2.05, 4.69) is 87.2 Å². The summed E-state index contributed by atoms with van der Waals surface area (Å²) in [5.74, 6) is 2.66. The van der Waals surface area contributed by atoms with Gasteiger partial charge in [0.15, 0.2) is 0 Å². The smallest absolute Gasteiger partial charge is 0.0552 e. The molecule has 2 saturated carbocycles. The normalized spacial score (nSPS) is 24.3. The van der Waals surface area contributed by atoms with Crippen molar-refractivity contribution in [3.8, 4) is 5.69 Å². The number of halogens is 1. The summed E-state index contributed by atoms with van der Waals surface area (Å²) in [6.45, 7) is 0. The minimum absolute atomic E-state index is 0.766. The van der Waals surface area contributed by atoms with Gasteiger partial charge < -0.3 is 4.57 Å². The number of nitrogens with zero attached hydrogens (tertiary/aromatic N) is 1. The lowest BCUT2D eigenvalue weighted by molar-refractivity contribution is 0.420. The largest absolute Gasteiger partial charge is 0.309 e. The van der Waals surface area contributed by atoms with E-state index in [4.69, 9.17) is 0 Å². The van der Waals surface area contributed by atoms with Crippen molar-refractivity contribution in [2.24, 2.45) is 11.8 Å². The van der Waals surface area contributed by atoms with Gasteiger partial charge in [0.1, 0.15) is 0 Å². The summed E-state index contributed by atoms with van der Waals surface area (Å²) in [5.41, 5.74) is 5.40. The second-order valence-corrected chi connectivity index (χ2v) is 9.31. The van der Waals surface area contributed by atoms with Gasteiger partial charge >= 0.3 is 0 Å². The number of fused-ring (bicyclic) bond motifs is 5. The highest BCUT2D eigenvalue weighted by Crippen LogP contribution is 2.53. The van der Waals surface area contributed by atoms with Gasteiger partial charge in [0.05, 0.1) is 11.0 Å². The molecule has 2 heteroatoms. The maximum atomic E-state index is 3.67. The first-order valence-corrected chi connectivity index (χ1v) is 10.9. The van der Waals surface area contributed by atoms with Crippen LogP contribution in [0.3, 0.4) is 0 Å². The van der Waals surface area contributed by atoms with Crippen molar-refractivity contribution >= 4 is 37.7 Å². The second kappa shape index (κ2) is 5.97. The second-order valence-electron chi connectivity index (χ2n) is 8.39. The van der Waals surface area contributed by atoms with Crippen LogP contribution < -0.4 is 0 Å². The van der Waals surface area contributed by atoms with Crippen LogP contribution in [0.2, 0.25) is 0 Å². The molecule has 0 radical (unpaired) electrons. The number of para-hydroxylation sites is 1. The van der Waals surface area contributed by atoms with Gasteiger partial charge in [-0.1, -0.05) is 58.7 Å². The summed E-state index contributed by atoms with van der Waals surface area (Å²) >= 11 is 3.67. The van der Waals surface area contributed by atoms with Crippen molar-refractivity contribution in [3.63, 3.8) is 0 Å². The average Bonchev–Trinajstić information content (AvgIpc) is 3.40. The van der Waals surface area contributed by atoms with Crippen LogP contribution in [0.25, 0.3) is 27.5 Å². The van der Waals surface area contributed by atoms with E-state index in [9.17, 15) is 0 Å². The Bertz CT molecular complexity index is 1160. The Hall–Kier alpha value is -2.06. The Morgan fingerprint density at radius 3 is 2.30 bits per heavy atom. The molecule has 2 bridgehead atoms. The molecule has 2 aliphatic rings. The first kappa shape index (κ1) is 15.9. The van der Waals surface area contributed by atoms with Gasteiger partial charge in [0, 0.05) is 20.9 Å². The summed E-state index contributed by atoms with van der Waals surface area (Å²) in [5, 5.41) is 2.69. The number of rotatable bonds is 2.